The molecule has 1 aliphatic rings. The SMILES string of the molecule is COc1cccc(OC(=O)N2CCC[C@@H](CO)C2)c1Br. The van der Waals surface area contributed by atoms with Gasteiger partial charge in [0.25, 0.3) is 0 Å². The second-order valence-corrected chi connectivity index (χ2v) is 5.57. The van der Waals surface area contributed by atoms with Crippen molar-refractivity contribution < 1.29 is 19.4 Å². The second-order valence-electron chi connectivity index (χ2n) is 4.78. The van der Waals surface area contributed by atoms with E-state index in [1.165, 1.54) is 0 Å². The molecular formula is C14H18BrNO4. The summed E-state index contributed by atoms with van der Waals surface area (Å²) >= 11 is 3.36. The first-order valence-corrected chi connectivity index (χ1v) is 7.35. The van der Waals surface area contributed by atoms with Crippen LogP contribution in [0.2, 0.25) is 0 Å². The van der Waals surface area contributed by atoms with Crippen molar-refractivity contribution in [1.29, 1.82) is 0 Å². The Balaban J connectivity index is 2.04. The van der Waals surface area contributed by atoms with E-state index in [1.807, 2.05) is 0 Å². The zero-order chi connectivity index (χ0) is 14.5. The molecule has 1 atom stereocenters. The minimum Gasteiger partial charge on any atom is -0.495 e. The van der Waals surface area contributed by atoms with E-state index in [-0.39, 0.29) is 12.5 Å². The van der Waals surface area contributed by atoms with Gasteiger partial charge in [0.05, 0.1) is 7.11 Å². The van der Waals surface area contributed by atoms with E-state index < -0.39 is 6.09 Å². The smallest absolute Gasteiger partial charge is 0.415 e. The Labute approximate surface area is 126 Å². The van der Waals surface area contributed by atoms with Crippen LogP contribution in [0.1, 0.15) is 12.8 Å². The minimum atomic E-state index is -0.392. The fraction of sp³-hybridized carbons (Fsp3) is 0.500. The number of halogens is 1. The molecule has 5 nitrogen and oxygen atoms in total. The average molecular weight is 344 g/mol. The molecular weight excluding hydrogens is 326 g/mol. The van der Waals surface area contributed by atoms with Crippen molar-refractivity contribution in [3.8, 4) is 11.5 Å². The Morgan fingerprint density at radius 1 is 1.50 bits per heavy atom. The van der Waals surface area contributed by atoms with Crippen molar-refractivity contribution in [2.75, 3.05) is 26.8 Å². The molecule has 0 unspecified atom stereocenters. The van der Waals surface area contributed by atoms with Crippen LogP contribution in [-0.2, 0) is 0 Å². The Morgan fingerprint density at radius 3 is 2.95 bits per heavy atom. The fourth-order valence-electron chi connectivity index (χ4n) is 2.27. The van der Waals surface area contributed by atoms with Gasteiger partial charge in [-0.15, -0.1) is 0 Å². The highest BCUT2D eigenvalue weighted by Crippen LogP contribution is 2.34. The Morgan fingerprint density at radius 2 is 2.25 bits per heavy atom. The normalized spacial score (nSPS) is 18.8. The molecule has 1 fully saturated rings. The van der Waals surface area contributed by atoms with Crippen LogP contribution in [0.4, 0.5) is 4.79 Å². The highest BCUT2D eigenvalue weighted by Gasteiger charge is 2.25. The van der Waals surface area contributed by atoms with Gasteiger partial charge in [0.15, 0.2) is 5.75 Å². The number of aliphatic hydroxyl groups excluding tert-OH is 1. The largest absolute Gasteiger partial charge is 0.495 e. The number of nitrogens with zero attached hydrogens (tertiary/aromatic N) is 1. The number of aliphatic hydroxyl groups is 1. The Bertz CT molecular complexity index is 480. The van der Waals surface area contributed by atoms with Gasteiger partial charge in [-0.05, 0) is 46.8 Å². The van der Waals surface area contributed by atoms with Crippen molar-refractivity contribution >= 4 is 22.0 Å². The third-order valence-corrected chi connectivity index (χ3v) is 4.16. The maximum atomic E-state index is 12.1. The van der Waals surface area contributed by atoms with Gasteiger partial charge in [-0.25, -0.2) is 4.79 Å². The number of likely N-dealkylation sites (tertiary alicyclic amines) is 1. The van der Waals surface area contributed by atoms with E-state index in [0.29, 0.717) is 29.1 Å². The summed E-state index contributed by atoms with van der Waals surface area (Å²) < 4.78 is 11.2. The zero-order valence-corrected chi connectivity index (χ0v) is 12.9. The van der Waals surface area contributed by atoms with Gasteiger partial charge in [0.1, 0.15) is 10.2 Å². The topological polar surface area (TPSA) is 59.0 Å². The van der Waals surface area contributed by atoms with Gasteiger partial charge < -0.3 is 19.5 Å². The average Bonchev–Trinajstić information content (AvgIpc) is 2.49. The Hall–Kier alpha value is -1.27. The summed E-state index contributed by atoms with van der Waals surface area (Å²) in [5, 5.41) is 9.19. The molecule has 1 N–H and O–H groups in total. The molecule has 20 heavy (non-hydrogen) atoms. The standard InChI is InChI=1S/C14H18BrNO4/c1-19-11-5-2-6-12(13(11)15)20-14(18)16-7-3-4-10(8-16)9-17/h2,5-6,10,17H,3-4,7-9H2,1H3/t10-/m1/s1. The molecule has 1 aromatic rings. The van der Waals surface area contributed by atoms with Crippen molar-refractivity contribution in [1.82, 2.24) is 4.90 Å². The number of amides is 1. The molecule has 0 spiro atoms. The van der Waals surface area contributed by atoms with Crippen molar-refractivity contribution in [2.45, 2.75) is 12.8 Å². The molecule has 1 saturated heterocycles. The summed E-state index contributed by atoms with van der Waals surface area (Å²) in [6.45, 7) is 1.31. The lowest BCUT2D eigenvalue weighted by Crippen LogP contribution is -2.42. The first-order valence-electron chi connectivity index (χ1n) is 6.55. The van der Waals surface area contributed by atoms with Gasteiger partial charge >= 0.3 is 6.09 Å². The molecule has 1 aliphatic heterocycles. The van der Waals surface area contributed by atoms with Crippen LogP contribution in [0.5, 0.6) is 11.5 Å². The molecule has 110 valence electrons. The fourth-order valence-corrected chi connectivity index (χ4v) is 2.77. The summed E-state index contributed by atoms with van der Waals surface area (Å²) in [6, 6.07) is 5.25. The lowest BCUT2D eigenvalue weighted by atomic mass is 10.00. The van der Waals surface area contributed by atoms with Crippen LogP contribution in [0, 0.1) is 5.92 Å². The number of carbonyl (C=O) groups excluding carboxylic acids is 1. The number of ether oxygens (including phenoxy) is 2. The monoisotopic (exact) mass is 343 g/mol. The van der Waals surface area contributed by atoms with E-state index in [1.54, 1.807) is 30.2 Å². The summed E-state index contributed by atoms with van der Waals surface area (Å²) in [4.78, 5) is 13.8. The molecule has 0 saturated carbocycles. The van der Waals surface area contributed by atoms with Crippen LogP contribution in [0.3, 0.4) is 0 Å². The van der Waals surface area contributed by atoms with E-state index in [4.69, 9.17) is 9.47 Å². The quantitative estimate of drug-likeness (QED) is 0.916. The van der Waals surface area contributed by atoms with E-state index >= 15 is 0 Å². The molecule has 6 heteroatoms. The first kappa shape index (κ1) is 15.1. The van der Waals surface area contributed by atoms with Gasteiger partial charge in [0.2, 0.25) is 0 Å². The van der Waals surface area contributed by atoms with Crippen LogP contribution in [0.15, 0.2) is 22.7 Å². The Kier molecular flexibility index (Phi) is 5.25. The van der Waals surface area contributed by atoms with E-state index in [0.717, 1.165) is 12.8 Å². The summed E-state index contributed by atoms with van der Waals surface area (Å²) in [6.07, 6.45) is 1.44. The van der Waals surface area contributed by atoms with Gasteiger partial charge in [-0.3, -0.25) is 0 Å². The van der Waals surface area contributed by atoms with E-state index in [9.17, 15) is 9.90 Å². The molecule has 0 radical (unpaired) electrons. The lowest BCUT2D eigenvalue weighted by Gasteiger charge is -2.31. The summed E-state index contributed by atoms with van der Waals surface area (Å²) in [7, 11) is 1.56. The third kappa shape index (κ3) is 3.43. The second kappa shape index (κ2) is 6.95. The molecule has 2 rings (SSSR count). The van der Waals surface area contributed by atoms with Gasteiger partial charge in [-0.2, -0.15) is 0 Å². The number of piperidine rings is 1. The number of benzene rings is 1. The van der Waals surface area contributed by atoms with Crippen LogP contribution in [-0.4, -0.2) is 42.9 Å². The number of hydrogen-bond acceptors (Lipinski definition) is 4. The lowest BCUT2D eigenvalue weighted by molar-refractivity contribution is 0.104. The summed E-state index contributed by atoms with van der Waals surface area (Å²) in [5.41, 5.74) is 0. The highest BCUT2D eigenvalue weighted by molar-refractivity contribution is 9.10. The van der Waals surface area contributed by atoms with Crippen LogP contribution in [0.25, 0.3) is 0 Å². The van der Waals surface area contributed by atoms with Crippen molar-refractivity contribution in [3.63, 3.8) is 0 Å². The molecule has 0 aromatic heterocycles. The molecule has 1 amide bonds. The predicted octanol–water partition coefficient (Wildman–Crippen LogP) is 2.66. The summed E-state index contributed by atoms with van der Waals surface area (Å²) in [5.74, 6) is 1.19. The van der Waals surface area contributed by atoms with E-state index in [2.05, 4.69) is 15.9 Å². The zero-order valence-electron chi connectivity index (χ0n) is 11.3. The number of rotatable bonds is 3. The van der Waals surface area contributed by atoms with Crippen molar-refractivity contribution in [3.05, 3.63) is 22.7 Å². The van der Waals surface area contributed by atoms with Crippen molar-refractivity contribution in [2.24, 2.45) is 5.92 Å². The van der Waals surface area contributed by atoms with Gasteiger partial charge in [-0.1, -0.05) is 6.07 Å². The molecule has 0 aliphatic carbocycles. The predicted molar refractivity (Wildman–Crippen MR) is 78.1 cm³/mol. The molecule has 0 bridgehead atoms. The minimum absolute atomic E-state index is 0.104. The van der Waals surface area contributed by atoms with Crippen LogP contribution >= 0.6 is 15.9 Å². The highest BCUT2D eigenvalue weighted by atomic mass is 79.9. The maximum Gasteiger partial charge on any atom is 0.415 e. The number of hydrogen-bond donors (Lipinski definition) is 1. The molecule has 1 heterocycles. The molecule has 1 aromatic carbocycles. The number of methoxy groups -OCH3 is 1. The number of carbonyl (C=O) groups is 1. The third-order valence-electron chi connectivity index (χ3n) is 3.38. The van der Waals surface area contributed by atoms with Gasteiger partial charge in [0, 0.05) is 19.7 Å². The van der Waals surface area contributed by atoms with Crippen LogP contribution < -0.4 is 9.47 Å². The first-order chi connectivity index (χ1) is 9.65. The maximum absolute atomic E-state index is 12.1.